The van der Waals surface area contributed by atoms with Gasteiger partial charge in [0, 0.05) is 24.9 Å². The normalized spacial score (nSPS) is 12.3. The molecule has 0 amide bonds. The van der Waals surface area contributed by atoms with E-state index in [1.165, 1.54) is 5.56 Å². The Hall–Kier alpha value is -3.74. The Morgan fingerprint density at radius 3 is 2.75 bits per heavy atom. The van der Waals surface area contributed by atoms with E-state index >= 15 is 0 Å². The Labute approximate surface area is 162 Å². The van der Waals surface area contributed by atoms with Crippen LogP contribution in [0.25, 0.3) is 11.0 Å². The van der Waals surface area contributed by atoms with Crippen molar-refractivity contribution in [3.8, 4) is 11.5 Å². The third kappa shape index (κ3) is 2.96. The molecule has 0 spiro atoms. The van der Waals surface area contributed by atoms with Crippen LogP contribution in [0.1, 0.15) is 5.56 Å². The first-order chi connectivity index (χ1) is 13.8. The van der Waals surface area contributed by atoms with Gasteiger partial charge >= 0.3 is 0 Å². The SMILES string of the molecule is CNc1nc2cnc(Nc3ccc4c(c3)OCO4)cc2n1Cc1ccccc1. The highest BCUT2D eigenvalue weighted by atomic mass is 16.7. The van der Waals surface area contributed by atoms with Crippen molar-refractivity contribution in [3.05, 3.63) is 66.4 Å². The Kier molecular flexibility index (Phi) is 3.97. The van der Waals surface area contributed by atoms with E-state index in [9.17, 15) is 0 Å². The van der Waals surface area contributed by atoms with Gasteiger partial charge in [-0.3, -0.25) is 0 Å². The molecule has 0 saturated carbocycles. The maximum absolute atomic E-state index is 5.45. The van der Waals surface area contributed by atoms with Crippen LogP contribution in [0.5, 0.6) is 11.5 Å². The van der Waals surface area contributed by atoms with Crippen LogP contribution >= 0.6 is 0 Å². The molecule has 2 aromatic carbocycles. The van der Waals surface area contributed by atoms with E-state index in [1.807, 2.05) is 49.5 Å². The average Bonchev–Trinajstić information content (AvgIpc) is 3.33. The van der Waals surface area contributed by atoms with E-state index in [1.54, 1.807) is 6.20 Å². The molecule has 1 aliphatic heterocycles. The Balaban J connectivity index is 1.50. The topological polar surface area (TPSA) is 73.2 Å². The third-order valence-corrected chi connectivity index (χ3v) is 4.69. The molecule has 0 aliphatic carbocycles. The van der Waals surface area contributed by atoms with Gasteiger partial charge in [0.25, 0.3) is 0 Å². The summed E-state index contributed by atoms with van der Waals surface area (Å²) >= 11 is 0. The molecule has 0 atom stereocenters. The van der Waals surface area contributed by atoms with E-state index in [0.29, 0.717) is 0 Å². The number of rotatable bonds is 5. The Morgan fingerprint density at radius 1 is 1.04 bits per heavy atom. The highest BCUT2D eigenvalue weighted by Gasteiger charge is 2.15. The van der Waals surface area contributed by atoms with Crippen LogP contribution in [0.4, 0.5) is 17.5 Å². The van der Waals surface area contributed by atoms with Crippen molar-refractivity contribution in [3.63, 3.8) is 0 Å². The van der Waals surface area contributed by atoms with E-state index in [0.717, 1.165) is 46.5 Å². The number of pyridine rings is 1. The fourth-order valence-corrected chi connectivity index (χ4v) is 3.34. The molecule has 140 valence electrons. The van der Waals surface area contributed by atoms with Crippen LogP contribution in [0, 0.1) is 0 Å². The maximum Gasteiger partial charge on any atom is 0.231 e. The lowest BCUT2D eigenvalue weighted by Gasteiger charge is -2.10. The molecule has 0 fully saturated rings. The van der Waals surface area contributed by atoms with Crippen LogP contribution in [0.15, 0.2) is 60.8 Å². The summed E-state index contributed by atoms with van der Waals surface area (Å²) < 4.78 is 13.0. The van der Waals surface area contributed by atoms with Crippen LogP contribution in [0.3, 0.4) is 0 Å². The fourth-order valence-electron chi connectivity index (χ4n) is 3.34. The number of benzene rings is 2. The molecule has 2 aromatic heterocycles. The van der Waals surface area contributed by atoms with Crippen molar-refractivity contribution in [2.75, 3.05) is 24.5 Å². The van der Waals surface area contributed by atoms with Crippen molar-refractivity contribution >= 4 is 28.5 Å². The number of ether oxygens (including phenoxy) is 2. The smallest absolute Gasteiger partial charge is 0.231 e. The van der Waals surface area contributed by atoms with Crippen LogP contribution in [-0.4, -0.2) is 28.4 Å². The standard InChI is InChI=1S/C21H19N5O2/c1-22-21-25-16-11-23-20(24-15-7-8-18-19(9-15)28-13-27-18)10-17(16)26(21)12-14-5-3-2-4-6-14/h2-11H,12-13H2,1H3,(H,22,25)(H,23,24). The molecule has 3 heterocycles. The van der Waals surface area contributed by atoms with Gasteiger partial charge in [-0.1, -0.05) is 30.3 Å². The van der Waals surface area contributed by atoms with Crippen LogP contribution < -0.4 is 20.1 Å². The van der Waals surface area contributed by atoms with Crippen LogP contribution in [-0.2, 0) is 6.54 Å². The number of nitrogens with one attached hydrogen (secondary N) is 2. The largest absolute Gasteiger partial charge is 0.454 e. The predicted octanol–water partition coefficient (Wildman–Crippen LogP) is 3.99. The molecule has 7 heteroatoms. The molecule has 2 N–H and O–H groups in total. The molecule has 4 aromatic rings. The first-order valence-electron chi connectivity index (χ1n) is 9.05. The van der Waals surface area contributed by atoms with Crippen molar-refractivity contribution in [2.24, 2.45) is 0 Å². The van der Waals surface area contributed by atoms with E-state index < -0.39 is 0 Å². The molecule has 0 bridgehead atoms. The van der Waals surface area contributed by atoms with Gasteiger partial charge < -0.3 is 24.7 Å². The van der Waals surface area contributed by atoms with Crippen molar-refractivity contribution in [1.82, 2.24) is 14.5 Å². The number of hydrogen-bond acceptors (Lipinski definition) is 6. The summed E-state index contributed by atoms with van der Waals surface area (Å²) in [5.41, 5.74) is 3.95. The lowest BCUT2D eigenvalue weighted by atomic mass is 10.2. The summed E-state index contributed by atoms with van der Waals surface area (Å²) in [5, 5.41) is 6.51. The predicted molar refractivity (Wildman–Crippen MR) is 108 cm³/mol. The highest BCUT2D eigenvalue weighted by molar-refractivity contribution is 5.81. The number of aromatic nitrogens is 3. The summed E-state index contributed by atoms with van der Waals surface area (Å²) in [4.78, 5) is 9.15. The minimum Gasteiger partial charge on any atom is -0.454 e. The fraction of sp³-hybridized carbons (Fsp3) is 0.143. The molecule has 28 heavy (non-hydrogen) atoms. The lowest BCUT2D eigenvalue weighted by molar-refractivity contribution is 0.174. The molecular weight excluding hydrogens is 354 g/mol. The Morgan fingerprint density at radius 2 is 1.89 bits per heavy atom. The van der Waals surface area contributed by atoms with E-state index in [-0.39, 0.29) is 6.79 Å². The number of hydrogen-bond donors (Lipinski definition) is 2. The third-order valence-electron chi connectivity index (χ3n) is 4.69. The summed E-state index contributed by atoms with van der Waals surface area (Å²) in [6.07, 6.45) is 1.78. The van der Waals surface area contributed by atoms with Gasteiger partial charge in [0.15, 0.2) is 11.5 Å². The zero-order valence-corrected chi connectivity index (χ0v) is 15.3. The van der Waals surface area contributed by atoms with E-state index in [4.69, 9.17) is 9.47 Å². The Bertz CT molecular complexity index is 1140. The maximum atomic E-state index is 5.45. The molecule has 0 unspecified atom stereocenters. The minimum atomic E-state index is 0.258. The summed E-state index contributed by atoms with van der Waals surface area (Å²) in [5.74, 6) is 3.04. The zero-order valence-electron chi connectivity index (χ0n) is 15.3. The molecule has 5 rings (SSSR count). The molecule has 0 saturated heterocycles. The van der Waals surface area contributed by atoms with Gasteiger partial charge in [0.1, 0.15) is 11.3 Å². The number of anilines is 3. The van der Waals surface area contributed by atoms with E-state index in [2.05, 4.69) is 37.3 Å². The second-order valence-electron chi connectivity index (χ2n) is 6.51. The highest BCUT2D eigenvalue weighted by Crippen LogP contribution is 2.35. The number of nitrogens with zero attached hydrogens (tertiary/aromatic N) is 3. The first-order valence-corrected chi connectivity index (χ1v) is 9.05. The van der Waals surface area contributed by atoms with Gasteiger partial charge in [0.2, 0.25) is 12.7 Å². The van der Waals surface area contributed by atoms with Gasteiger partial charge in [-0.25, -0.2) is 9.97 Å². The van der Waals surface area contributed by atoms with Gasteiger partial charge in [-0.15, -0.1) is 0 Å². The van der Waals surface area contributed by atoms with Crippen molar-refractivity contribution < 1.29 is 9.47 Å². The molecule has 7 nitrogen and oxygen atoms in total. The summed E-state index contributed by atoms with van der Waals surface area (Å²) in [6, 6.07) is 18.1. The number of imidazole rings is 1. The average molecular weight is 373 g/mol. The van der Waals surface area contributed by atoms with Crippen LogP contribution in [0.2, 0.25) is 0 Å². The summed E-state index contributed by atoms with van der Waals surface area (Å²) in [7, 11) is 1.88. The molecule has 1 aliphatic rings. The molecular formula is C21H19N5O2. The number of fused-ring (bicyclic) bond motifs is 2. The van der Waals surface area contributed by atoms with Crippen molar-refractivity contribution in [2.45, 2.75) is 6.54 Å². The second-order valence-corrected chi connectivity index (χ2v) is 6.51. The lowest BCUT2D eigenvalue weighted by Crippen LogP contribution is -2.05. The van der Waals surface area contributed by atoms with Gasteiger partial charge in [-0.2, -0.15) is 0 Å². The summed E-state index contributed by atoms with van der Waals surface area (Å²) in [6.45, 7) is 0.982. The molecule has 0 radical (unpaired) electrons. The van der Waals surface area contributed by atoms with Gasteiger partial charge in [-0.05, 0) is 17.7 Å². The van der Waals surface area contributed by atoms with Gasteiger partial charge in [0.05, 0.1) is 18.3 Å². The quantitative estimate of drug-likeness (QED) is 0.551. The first kappa shape index (κ1) is 16.4. The zero-order chi connectivity index (χ0) is 18.9. The monoisotopic (exact) mass is 373 g/mol. The second kappa shape index (κ2) is 6.77. The van der Waals surface area contributed by atoms with Crippen molar-refractivity contribution in [1.29, 1.82) is 0 Å². The minimum absolute atomic E-state index is 0.258.